The fourth-order valence-electron chi connectivity index (χ4n) is 1.89. The first-order valence-corrected chi connectivity index (χ1v) is 8.76. The number of hydrogen-bond acceptors (Lipinski definition) is 7. The molecule has 0 saturated heterocycles. The summed E-state index contributed by atoms with van der Waals surface area (Å²) in [5.41, 5.74) is 6.06. The molecule has 3 N–H and O–H groups in total. The SMILES string of the molecule is COc1cc(SC)ccc1C(=O)NCCCc1nnc(N)s1. The van der Waals surface area contributed by atoms with Gasteiger partial charge in [0.2, 0.25) is 5.13 Å². The number of anilines is 1. The number of nitrogens with two attached hydrogens (primary N) is 1. The van der Waals surface area contributed by atoms with Crippen LogP contribution in [0.2, 0.25) is 0 Å². The molecule has 0 saturated carbocycles. The lowest BCUT2D eigenvalue weighted by atomic mass is 10.2. The van der Waals surface area contributed by atoms with E-state index in [1.807, 2.05) is 18.4 Å². The molecular formula is C14H18N4O2S2. The quantitative estimate of drug-likeness (QED) is 0.594. The largest absolute Gasteiger partial charge is 0.496 e. The molecule has 0 bridgehead atoms. The lowest BCUT2D eigenvalue weighted by Crippen LogP contribution is -2.25. The monoisotopic (exact) mass is 338 g/mol. The Morgan fingerprint density at radius 2 is 2.27 bits per heavy atom. The molecule has 1 heterocycles. The van der Waals surface area contributed by atoms with Crippen molar-refractivity contribution >= 4 is 34.1 Å². The van der Waals surface area contributed by atoms with Crippen LogP contribution >= 0.6 is 23.1 Å². The van der Waals surface area contributed by atoms with Crippen LogP contribution in [0.25, 0.3) is 0 Å². The van der Waals surface area contributed by atoms with Crippen molar-refractivity contribution in [1.29, 1.82) is 0 Å². The fourth-order valence-corrected chi connectivity index (χ4v) is 2.97. The Balaban J connectivity index is 1.86. The second kappa shape index (κ2) is 8.00. The zero-order chi connectivity index (χ0) is 15.9. The van der Waals surface area contributed by atoms with Crippen LogP contribution in [0, 0.1) is 0 Å². The van der Waals surface area contributed by atoms with Gasteiger partial charge in [0.15, 0.2) is 0 Å². The smallest absolute Gasteiger partial charge is 0.255 e. The number of thioether (sulfide) groups is 1. The minimum atomic E-state index is -0.138. The van der Waals surface area contributed by atoms with E-state index < -0.39 is 0 Å². The van der Waals surface area contributed by atoms with Gasteiger partial charge in [0.1, 0.15) is 10.8 Å². The van der Waals surface area contributed by atoms with E-state index in [1.54, 1.807) is 24.9 Å². The third-order valence-corrected chi connectivity index (χ3v) is 4.53. The highest BCUT2D eigenvalue weighted by atomic mass is 32.2. The molecule has 0 radical (unpaired) electrons. The molecule has 0 atom stereocenters. The Hall–Kier alpha value is -1.80. The number of aromatic nitrogens is 2. The van der Waals surface area contributed by atoms with Gasteiger partial charge in [0.25, 0.3) is 5.91 Å². The van der Waals surface area contributed by atoms with Crippen LogP contribution in [0.1, 0.15) is 21.8 Å². The van der Waals surface area contributed by atoms with Gasteiger partial charge in [-0.05, 0) is 30.9 Å². The van der Waals surface area contributed by atoms with Crippen LogP contribution in [0.4, 0.5) is 5.13 Å². The van der Waals surface area contributed by atoms with Crippen molar-refractivity contribution in [2.75, 3.05) is 25.6 Å². The van der Waals surface area contributed by atoms with Crippen LogP contribution < -0.4 is 15.8 Å². The molecule has 0 unspecified atom stereocenters. The molecule has 2 aromatic rings. The van der Waals surface area contributed by atoms with E-state index in [1.165, 1.54) is 11.3 Å². The van der Waals surface area contributed by atoms with Crippen molar-refractivity contribution in [3.8, 4) is 5.75 Å². The summed E-state index contributed by atoms with van der Waals surface area (Å²) in [5, 5.41) is 11.9. The van der Waals surface area contributed by atoms with Gasteiger partial charge < -0.3 is 15.8 Å². The summed E-state index contributed by atoms with van der Waals surface area (Å²) >= 11 is 2.98. The molecule has 6 nitrogen and oxygen atoms in total. The van der Waals surface area contributed by atoms with Crippen LogP contribution in [-0.2, 0) is 6.42 Å². The van der Waals surface area contributed by atoms with Gasteiger partial charge in [-0.1, -0.05) is 11.3 Å². The van der Waals surface area contributed by atoms with E-state index in [0.29, 0.717) is 23.0 Å². The van der Waals surface area contributed by atoms with Gasteiger partial charge in [-0.3, -0.25) is 4.79 Å². The van der Waals surface area contributed by atoms with Crippen LogP contribution in [-0.4, -0.2) is 36.0 Å². The summed E-state index contributed by atoms with van der Waals surface area (Å²) in [6.45, 7) is 0.561. The summed E-state index contributed by atoms with van der Waals surface area (Å²) in [4.78, 5) is 13.3. The predicted octanol–water partition coefficient (Wildman–Crippen LogP) is 2.21. The highest BCUT2D eigenvalue weighted by Crippen LogP contribution is 2.25. The summed E-state index contributed by atoms with van der Waals surface area (Å²) in [6, 6.07) is 5.56. The Bertz CT molecular complexity index is 646. The Morgan fingerprint density at radius 1 is 1.45 bits per heavy atom. The summed E-state index contributed by atoms with van der Waals surface area (Å²) < 4.78 is 5.28. The molecule has 2 rings (SSSR count). The summed E-state index contributed by atoms with van der Waals surface area (Å²) in [5.74, 6) is 0.447. The fraction of sp³-hybridized carbons (Fsp3) is 0.357. The van der Waals surface area contributed by atoms with Crippen molar-refractivity contribution in [2.24, 2.45) is 0 Å². The van der Waals surface area contributed by atoms with Gasteiger partial charge in [-0.25, -0.2) is 0 Å². The van der Waals surface area contributed by atoms with E-state index in [4.69, 9.17) is 10.5 Å². The van der Waals surface area contributed by atoms with Crippen molar-refractivity contribution in [3.05, 3.63) is 28.8 Å². The van der Waals surface area contributed by atoms with Crippen molar-refractivity contribution < 1.29 is 9.53 Å². The zero-order valence-corrected chi connectivity index (χ0v) is 14.1. The molecular weight excluding hydrogens is 320 g/mol. The molecule has 0 aliphatic carbocycles. The topological polar surface area (TPSA) is 90.1 Å². The van der Waals surface area contributed by atoms with E-state index in [0.717, 1.165) is 22.7 Å². The molecule has 0 aliphatic heterocycles. The minimum Gasteiger partial charge on any atom is -0.496 e. The predicted molar refractivity (Wildman–Crippen MR) is 89.8 cm³/mol. The Morgan fingerprint density at radius 3 is 2.91 bits per heavy atom. The molecule has 0 aliphatic rings. The number of amides is 1. The molecule has 118 valence electrons. The van der Waals surface area contributed by atoms with Crippen LogP contribution in [0.5, 0.6) is 5.75 Å². The average Bonchev–Trinajstić information content (AvgIpc) is 2.96. The first kappa shape index (κ1) is 16.6. The third kappa shape index (κ3) is 4.35. The number of nitrogens with zero attached hydrogens (tertiary/aromatic N) is 2. The third-order valence-electron chi connectivity index (χ3n) is 2.99. The number of hydrogen-bond donors (Lipinski definition) is 2. The zero-order valence-electron chi connectivity index (χ0n) is 12.5. The first-order chi connectivity index (χ1) is 10.6. The molecule has 0 spiro atoms. The number of nitrogens with one attached hydrogen (secondary N) is 1. The van der Waals surface area contributed by atoms with Crippen molar-refractivity contribution in [1.82, 2.24) is 15.5 Å². The van der Waals surface area contributed by atoms with Gasteiger partial charge in [-0.15, -0.1) is 22.0 Å². The Labute approximate surface area is 137 Å². The number of carbonyl (C=O) groups excluding carboxylic acids is 1. The van der Waals surface area contributed by atoms with Gasteiger partial charge in [0, 0.05) is 17.9 Å². The Kier molecular flexibility index (Phi) is 6.02. The average molecular weight is 338 g/mol. The van der Waals surface area contributed by atoms with E-state index >= 15 is 0 Å². The number of methoxy groups -OCH3 is 1. The van der Waals surface area contributed by atoms with Gasteiger partial charge in [-0.2, -0.15) is 0 Å². The van der Waals surface area contributed by atoms with Crippen molar-refractivity contribution in [2.45, 2.75) is 17.7 Å². The maximum atomic E-state index is 12.2. The van der Waals surface area contributed by atoms with E-state index in [-0.39, 0.29) is 5.91 Å². The molecule has 0 fully saturated rings. The molecule has 8 heteroatoms. The molecule has 1 aromatic carbocycles. The maximum absolute atomic E-state index is 12.2. The second-order valence-electron chi connectivity index (χ2n) is 4.46. The van der Waals surface area contributed by atoms with E-state index in [2.05, 4.69) is 15.5 Å². The normalized spacial score (nSPS) is 10.5. The molecule has 1 aromatic heterocycles. The highest BCUT2D eigenvalue weighted by molar-refractivity contribution is 7.98. The van der Waals surface area contributed by atoms with Crippen LogP contribution in [0.3, 0.4) is 0 Å². The number of benzene rings is 1. The number of nitrogen functional groups attached to an aromatic ring is 1. The molecule has 22 heavy (non-hydrogen) atoms. The summed E-state index contributed by atoms with van der Waals surface area (Å²) in [6.07, 6.45) is 3.51. The van der Waals surface area contributed by atoms with Crippen LogP contribution in [0.15, 0.2) is 23.1 Å². The number of aryl methyl sites for hydroxylation is 1. The maximum Gasteiger partial charge on any atom is 0.255 e. The van der Waals surface area contributed by atoms with E-state index in [9.17, 15) is 4.79 Å². The lowest BCUT2D eigenvalue weighted by molar-refractivity contribution is 0.0950. The standard InChI is InChI=1S/C14H18N4O2S2/c1-20-11-8-9(21-2)5-6-10(11)13(19)16-7-3-4-12-17-18-14(15)22-12/h5-6,8H,3-4,7H2,1-2H3,(H2,15,18)(H,16,19). The minimum absolute atomic E-state index is 0.138. The van der Waals surface area contributed by atoms with Crippen molar-refractivity contribution in [3.63, 3.8) is 0 Å². The number of ether oxygens (including phenoxy) is 1. The first-order valence-electron chi connectivity index (χ1n) is 6.72. The lowest BCUT2D eigenvalue weighted by Gasteiger charge is -2.10. The molecule has 1 amide bonds. The summed E-state index contributed by atoms with van der Waals surface area (Å²) in [7, 11) is 1.57. The highest BCUT2D eigenvalue weighted by Gasteiger charge is 2.12. The number of carbonyl (C=O) groups is 1. The van der Waals surface area contributed by atoms with Gasteiger partial charge >= 0.3 is 0 Å². The number of rotatable bonds is 7. The van der Waals surface area contributed by atoms with Gasteiger partial charge in [0.05, 0.1) is 12.7 Å². The second-order valence-corrected chi connectivity index (χ2v) is 6.43.